The zero-order valence-electron chi connectivity index (χ0n) is 19.2. The molecule has 0 radical (unpaired) electrons. The first-order valence-corrected chi connectivity index (χ1v) is 14.8. The van der Waals surface area contributed by atoms with Crippen LogP contribution in [-0.4, -0.2) is 51.9 Å². The molecule has 0 saturated carbocycles. The quantitative estimate of drug-likeness (QED) is 0.440. The van der Waals surface area contributed by atoms with Crippen LogP contribution in [0.5, 0.6) is 5.75 Å². The lowest BCUT2D eigenvalue weighted by atomic mass is 9.75. The number of ether oxygens (including phenoxy) is 2. The Morgan fingerprint density at radius 2 is 1.76 bits per heavy atom. The summed E-state index contributed by atoms with van der Waals surface area (Å²) >= 11 is 5.96. The van der Waals surface area contributed by atoms with E-state index in [2.05, 4.69) is 9.97 Å². The van der Waals surface area contributed by atoms with E-state index < -0.39 is 65.1 Å². The minimum absolute atomic E-state index is 0.128. The van der Waals surface area contributed by atoms with Crippen molar-refractivity contribution >= 4 is 31.3 Å². The molecule has 0 amide bonds. The SMILES string of the molecule is O=S(=O)(CCC1OCCC2(S(=O)(=O)c3ccc(Cl)cc3)c3c(F)ccc(F)c3OCC12)c1cnccn1. The first-order valence-electron chi connectivity index (χ1n) is 11.3. The molecule has 13 heteroatoms. The van der Waals surface area contributed by atoms with Crippen molar-refractivity contribution in [3.63, 3.8) is 0 Å². The van der Waals surface area contributed by atoms with Gasteiger partial charge in [-0.15, -0.1) is 0 Å². The summed E-state index contributed by atoms with van der Waals surface area (Å²) in [5.41, 5.74) is -0.413. The van der Waals surface area contributed by atoms with Gasteiger partial charge in [0, 0.05) is 29.9 Å². The van der Waals surface area contributed by atoms with E-state index in [1.807, 2.05) is 0 Å². The van der Waals surface area contributed by atoms with Crippen molar-refractivity contribution in [1.29, 1.82) is 0 Å². The number of aromatic nitrogens is 2. The van der Waals surface area contributed by atoms with Gasteiger partial charge < -0.3 is 9.47 Å². The topological polar surface area (TPSA) is 113 Å². The van der Waals surface area contributed by atoms with E-state index in [1.165, 1.54) is 36.7 Å². The van der Waals surface area contributed by atoms with Crippen molar-refractivity contribution < 1.29 is 35.1 Å². The first kappa shape index (κ1) is 26.0. The molecule has 2 aromatic carbocycles. The second-order valence-corrected chi connectivity index (χ2v) is 13.5. The lowest BCUT2D eigenvalue weighted by Gasteiger charge is -2.50. The van der Waals surface area contributed by atoms with E-state index in [9.17, 15) is 21.2 Å². The van der Waals surface area contributed by atoms with Crippen LogP contribution in [0.2, 0.25) is 5.02 Å². The van der Waals surface area contributed by atoms with Crippen LogP contribution in [0.4, 0.5) is 8.78 Å². The van der Waals surface area contributed by atoms with E-state index in [0.29, 0.717) is 5.02 Å². The minimum atomic E-state index is -4.39. The number of nitrogens with zero attached hydrogens (tertiary/aromatic N) is 2. The van der Waals surface area contributed by atoms with Crippen LogP contribution < -0.4 is 4.74 Å². The molecule has 3 aromatic rings. The Labute approximate surface area is 217 Å². The molecule has 196 valence electrons. The normalized spacial score (nSPS) is 23.5. The number of halogens is 3. The van der Waals surface area contributed by atoms with Gasteiger partial charge in [0.2, 0.25) is 0 Å². The van der Waals surface area contributed by atoms with Crippen molar-refractivity contribution in [2.45, 2.75) is 33.6 Å². The van der Waals surface area contributed by atoms with Gasteiger partial charge in [-0.05, 0) is 49.2 Å². The predicted molar refractivity (Wildman–Crippen MR) is 129 cm³/mol. The van der Waals surface area contributed by atoms with E-state index in [1.54, 1.807) is 0 Å². The van der Waals surface area contributed by atoms with E-state index in [0.717, 1.165) is 18.3 Å². The maximum Gasteiger partial charge on any atom is 0.197 e. The predicted octanol–water partition coefficient (Wildman–Crippen LogP) is 3.74. The lowest BCUT2D eigenvalue weighted by molar-refractivity contribution is -0.0732. The highest BCUT2D eigenvalue weighted by Gasteiger charge is 2.61. The Hall–Kier alpha value is -2.67. The molecule has 0 spiro atoms. The Morgan fingerprint density at radius 3 is 2.46 bits per heavy atom. The standard InChI is InChI=1S/C24H21ClF2N2O6S2/c25-15-1-3-16(4-2-15)37(32,33)24-8-11-34-20(7-12-36(30,31)21-13-28-9-10-29-21)17(24)14-35-23-19(27)6-5-18(26)22(23)24/h1-6,9-10,13,17,20H,7-8,11-12,14H2. The Kier molecular flexibility index (Phi) is 6.71. The molecular weight excluding hydrogens is 550 g/mol. The van der Waals surface area contributed by atoms with Crippen LogP contribution in [0.25, 0.3) is 0 Å². The summed E-state index contributed by atoms with van der Waals surface area (Å²) in [5, 5.41) is 0.0703. The van der Waals surface area contributed by atoms with Crippen LogP contribution in [0.3, 0.4) is 0 Å². The monoisotopic (exact) mass is 570 g/mol. The second kappa shape index (κ2) is 9.57. The number of fused-ring (bicyclic) bond motifs is 3. The van der Waals surface area contributed by atoms with E-state index >= 15 is 4.39 Å². The molecule has 1 saturated heterocycles. The molecule has 5 rings (SSSR count). The molecule has 3 atom stereocenters. The molecule has 8 nitrogen and oxygen atoms in total. The van der Waals surface area contributed by atoms with Gasteiger partial charge in [0.1, 0.15) is 10.6 Å². The van der Waals surface area contributed by atoms with Gasteiger partial charge in [-0.3, -0.25) is 4.98 Å². The maximum atomic E-state index is 15.4. The third-order valence-corrected chi connectivity index (χ3v) is 11.3. The average molecular weight is 571 g/mol. The van der Waals surface area contributed by atoms with Crippen molar-refractivity contribution in [1.82, 2.24) is 9.97 Å². The van der Waals surface area contributed by atoms with Crippen molar-refractivity contribution in [3.8, 4) is 5.75 Å². The van der Waals surface area contributed by atoms with Crippen molar-refractivity contribution in [3.05, 3.63) is 77.2 Å². The van der Waals surface area contributed by atoms with Gasteiger partial charge in [-0.1, -0.05) is 11.6 Å². The molecule has 3 unspecified atom stereocenters. The Balaban J connectivity index is 1.62. The van der Waals surface area contributed by atoms with E-state index in [4.69, 9.17) is 21.1 Å². The zero-order valence-corrected chi connectivity index (χ0v) is 21.6. The number of rotatable bonds is 6. The Bertz CT molecular complexity index is 1540. The number of benzene rings is 2. The van der Waals surface area contributed by atoms with Gasteiger partial charge in [0.15, 0.2) is 36.3 Å². The summed E-state index contributed by atoms with van der Waals surface area (Å²) in [4.78, 5) is 7.48. The molecular formula is C24H21ClF2N2O6S2. The molecule has 37 heavy (non-hydrogen) atoms. The van der Waals surface area contributed by atoms with Crippen LogP contribution in [0.1, 0.15) is 18.4 Å². The molecule has 2 aliphatic heterocycles. The van der Waals surface area contributed by atoms with Crippen LogP contribution >= 0.6 is 11.6 Å². The molecule has 0 N–H and O–H groups in total. The fraction of sp³-hybridized carbons (Fsp3) is 0.333. The minimum Gasteiger partial charge on any atom is -0.490 e. The van der Waals surface area contributed by atoms with Gasteiger partial charge in [-0.2, -0.15) is 0 Å². The number of hydrogen-bond acceptors (Lipinski definition) is 8. The van der Waals surface area contributed by atoms with Crippen LogP contribution in [0.15, 0.2) is 64.9 Å². The van der Waals surface area contributed by atoms with Gasteiger partial charge >= 0.3 is 0 Å². The Morgan fingerprint density at radius 1 is 1.03 bits per heavy atom. The average Bonchev–Trinajstić information content (AvgIpc) is 2.89. The molecule has 0 bridgehead atoms. The molecule has 1 fully saturated rings. The lowest BCUT2D eigenvalue weighted by Crippen LogP contribution is -2.57. The summed E-state index contributed by atoms with van der Waals surface area (Å²) in [6, 6.07) is 7.14. The smallest absolute Gasteiger partial charge is 0.197 e. The zero-order chi connectivity index (χ0) is 26.4. The maximum absolute atomic E-state index is 15.4. The highest BCUT2D eigenvalue weighted by atomic mass is 35.5. The number of sulfone groups is 2. The third kappa shape index (κ3) is 4.29. The molecule has 0 aliphatic carbocycles. The van der Waals surface area contributed by atoms with Gasteiger partial charge in [0.25, 0.3) is 0 Å². The summed E-state index contributed by atoms with van der Waals surface area (Å²) in [6.07, 6.45) is 2.42. The summed E-state index contributed by atoms with van der Waals surface area (Å²) in [6.45, 7) is -0.454. The summed E-state index contributed by atoms with van der Waals surface area (Å²) in [5.74, 6) is -3.77. The van der Waals surface area contributed by atoms with Crippen LogP contribution in [-0.2, 0) is 29.2 Å². The summed E-state index contributed by atoms with van der Waals surface area (Å²) < 4.78 is 93.9. The van der Waals surface area contributed by atoms with Crippen molar-refractivity contribution in [2.24, 2.45) is 5.92 Å². The number of hydrogen-bond donors (Lipinski definition) is 0. The van der Waals surface area contributed by atoms with E-state index in [-0.39, 0.29) is 36.0 Å². The largest absolute Gasteiger partial charge is 0.490 e. The fourth-order valence-corrected chi connectivity index (χ4v) is 8.82. The van der Waals surface area contributed by atoms with Crippen LogP contribution in [0, 0.1) is 17.6 Å². The second-order valence-electron chi connectivity index (χ2n) is 8.81. The fourth-order valence-electron chi connectivity index (χ4n) is 5.16. The molecule has 3 heterocycles. The first-order chi connectivity index (χ1) is 17.6. The van der Waals surface area contributed by atoms with Gasteiger partial charge in [-0.25, -0.2) is 30.6 Å². The molecule has 2 aliphatic rings. The van der Waals surface area contributed by atoms with Crippen molar-refractivity contribution in [2.75, 3.05) is 19.0 Å². The highest BCUT2D eigenvalue weighted by molar-refractivity contribution is 7.92. The third-order valence-electron chi connectivity index (χ3n) is 6.88. The van der Waals surface area contributed by atoms with Gasteiger partial charge in [0.05, 0.1) is 35.1 Å². The highest BCUT2D eigenvalue weighted by Crippen LogP contribution is 2.56. The summed E-state index contributed by atoms with van der Waals surface area (Å²) in [7, 11) is -8.27. The molecule has 1 aromatic heterocycles.